The number of benzene rings is 1. The van der Waals surface area contributed by atoms with Crippen LogP contribution in [0.25, 0.3) is 15.5 Å². The molecular formula is C10H6F3N5OS. The molecule has 0 saturated heterocycles. The normalized spacial score (nSPS) is 12.2. The van der Waals surface area contributed by atoms with Gasteiger partial charge >= 0.3 is 6.18 Å². The van der Waals surface area contributed by atoms with Gasteiger partial charge in [0, 0.05) is 5.69 Å². The van der Waals surface area contributed by atoms with Crippen LogP contribution in [-0.4, -0.2) is 24.9 Å². The molecule has 10 heteroatoms. The van der Waals surface area contributed by atoms with Gasteiger partial charge < -0.3 is 10.8 Å². The number of halogens is 3. The fourth-order valence-corrected chi connectivity index (χ4v) is 2.49. The lowest BCUT2D eigenvalue weighted by atomic mass is 10.2. The number of rotatable bonds is 1. The number of phenolic OH excluding ortho intramolecular Hbond substituents is 1. The summed E-state index contributed by atoms with van der Waals surface area (Å²) in [7, 11) is 0. The molecule has 1 aromatic carbocycles. The Labute approximate surface area is 113 Å². The lowest BCUT2D eigenvalue weighted by Gasteiger charge is -2.02. The number of nitrogens with two attached hydrogens (primary N) is 1. The third kappa shape index (κ3) is 1.93. The van der Waals surface area contributed by atoms with E-state index in [9.17, 15) is 18.3 Å². The van der Waals surface area contributed by atoms with E-state index in [1.165, 1.54) is 18.2 Å². The summed E-state index contributed by atoms with van der Waals surface area (Å²) in [5.41, 5.74) is 6.19. The summed E-state index contributed by atoms with van der Waals surface area (Å²) in [5.74, 6) is -1.34. The molecule has 0 atom stereocenters. The van der Waals surface area contributed by atoms with Crippen LogP contribution in [0.15, 0.2) is 18.2 Å². The minimum absolute atomic E-state index is 0.0193. The van der Waals surface area contributed by atoms with Crippen molar-refractivity contribution in [3.05, 3.63) is 24.0 Å². The summed E-state index contributed by atoms with van der Waals surface area (Å²) in [6.07, 6.45) is -4.65. The van der Waals surface area contributed by atoms with E-state index in [4.69, 9.17) is 5.73 Å². The topological polar surface area (TPSA) is 89.3 Å². The Hall–Kier alpha value is -2.36. The molecule has 0 unspecified atom stereocenters. The molecular weight excluding hydrogens is 295 g/mol. The van der Waals surface area contributed by atoms with Crippen LogP contribution in [0.5, 0.6) is 5.75 Å². The maximum absolute atomic E-state index is 12.7. The Morgan fingerprint density at radius 2 is 2.00 bits per heavy atom. The van der Waals surface area contributed by atoms with Crippen LogP contribution in [0, 0.1) is 0 Å². The maximum Gasteiger partial charge on any atom is 0.453 e. The average molecular weight is 301 g/mol. The Kier molecular flexibility index (Phi) is 2.57. The molecule has 0 radical (unpaired) electrons. The highest BCUT2D eigenvalue weighted by Gasteiger charge is 2.38. The largest absolute Gasteiger partial charge is 0.507 e. The highest BCUT2D eigenvalue weighted by Crippen LogP contribution is 2.35. The van der Waals surface area contributed by atoms with Crippen LogP contribution < -0.4 is 5.73 Å². The second-order valence-corrected chi connectivity index (χ2v) is 4.86. The van der Waals surface area contributed by atoms with Crippen LogP contribution in [0.3, 0.4) is 0 Å². The first-order chi connectivity index (χ1) is 9.36. The molecule has 3 N–H and O–H groups in total. The molecule has 0 bridgehead atoms. The highest BCUT2D eigenvalue weighted by atomic mass is 32.1. The van der Waals surface area contributed by atoms with Gasteiger partial charge in [0.05, 0.1) is 5.56 Å². The Morgan fingerprint density at radius 3 is 2.70 bits per heavy atom. The standard InChI is InChI=1S/C10H6F3N5OS/c11-10(12,13)8-15-16-9-18(8)17-7(20-9)5-3-4(14)1-2-6(5)19/h1-3,19H,14H2. The number of phenols is 1. The van der Waals surface area contributed by atoms with Gasteiger partial charge in [-0.1, -0.05) is 11.3 Å². The summed E-state index contributed by atoms with van der Waals surface area (Å²) in [6, 6.07) is 4.24. The van der Waals surface area contributed by atoms with Crippen molar-refractivity contribution < 1.29 is 18.3 Å². The molecule has 6 nitrogen and oxygen atoms in total. The van der Waals surface area contributed by atoms with Crippen molar-refractivity contribution in [1.82, 2.24) is 19.8 Å². The zero-order chi connectivity index (χ0) is 14.5. The first kappa shape index (κ1) is 12.7. The first-order valence-corrected chi connectivity index (χ1v) is 6.06. The van der Waals surface area contributed by atoms with Crippen molar-refractivity contribution in [3.8, 4) is 16.3 Å². The van der Waals surface area contributed by atoms with Crippen LogP contribution in [0.4, 0.5) is 18.9 Å². The summed E-state index contributed by atoms with van der Waals surface area (Å²) in [6.45, 7) is 0. The zero-order valence-electron chi connectivity index (χ0n) is 9.59. The van der Waals surface area contributed by atoms with Gasteiger partial charge in [-0.15, -0.1) is 10.2 Å². The van der Waals surface area contributed by atoms with Gasteiger partial charge in [-0.25, -0.2) is 0 Å². The number of alkyl halides is 3. The van der Waals surface area contributed by atoms with E-state index in [1.54, 1.807) is 0 Å². The van der Waals surface area contributed by atoms with Gasteiger partial charge in [0.1, 0.15) is 5.75 Å². The van der Waals surface area contributed by atoms with Crippen LogP contribution in [-0.2, 0) is 6.18 Å². The number of nitrogens with zero attached hydrogens (tertiary/aromatic N) is 4. The summed E-state index contributed by atoms with van der Waals surface area (Å²) < 4.78 is 38.6. The van der Waals surface area contributed by atoms with Crippen molar-refractivity contribution in [2.24, 2.45) is 0 Å². The van der Waals surface area contributed by atoms with E-state index >= 15 is 0 Å². The maximum atomic E-state index is 12.7. The fourth-order valence-electron chi connectivity index (χ4n) is 1.63. The van der Waals surface area contributed by atoms with Gasteiger partial charge in [0.25, 0.3) is 5.82 Å². The fraction of sp³-hybridized carbons (Fsp3) is 0.100. The summed E-state index contributed by atoms with van der Waals surface area (Å²) in [5, 5.41) is 20.2. The summed E-state index contributed by atoms with van der Waals surface area (Å²) in [4.78, 5) is -0.0193. The molecule has 3 rings (SSSR count). The second kappa shape index (κ2) is 4.07. The van der Waals surface area contributed by atoms with Gasteiger partial charge in [-0.2, -0.15) is 22.8 Å². The third-order valence-corrected chi connectivity index (χ3v) is 3.43. The summed E-state index contributed by atoms with van der Waals surface area (Å²) >= 11 is 0.873. The van der Waals surface area contributed by atoms with E-state index < -0.39 is 12.0 Å². The van der Waals surface area contributed by atoms with Crippen molar-refractivity contribution in [2.75, 3.05) is 5.73 Å². The van der Waals surface area contributed by atoms with E-state index in [1.807, 2.05) is 0 Å². The van der Waals surface area contributed by atoms with E-state index in [2.05, 4.69) is 15.3 Å². The number of anilines is 1. The predicted octanol–water partition coefficient (Wildman–Crippen LogP) is 2.16. The smallest absolute Gasteiger partial charge is 0.453 e. The SMILES string of the molecule is Nc1ccc(O)c(-c2nn3c(C(F)(F)F)nnc3s2)c1. The van der Waals surface area contributed by atoms with Gasteiger partial charge in [0.2, 0.25) is 4.96 Å². The van der Waals surface area contributed by atoms with Crippen molar-refractivity contribution in [1.29, 1.82) is 0 Å². The molecule has 2 heterocycles. The molecule has 0 aliphatic heterocycles. The van der Waals surface area contributed by atoms with Crippen LogP contribution >= 0.6 is 11.3 Å². The molecule has 104 valence electrons. The molecule has 0 amide bonds. The quantitative estimate of drug-likeness (QED) is 0.531. The molecule has 0 aliphatic rings. The Balaban J connectivity index is 2.19. The number of hydrogen-bond acceptors (Lipinski definition) is 6. The average Bonchev–Trinajstić information content (AvgIpc) is 2.89. The minimum atomic E-state index is -4.65. The number of aromatic nitrogens is 4. The lowest BCUT2D eigenvalue weighted by Crippen LogP contribution is -2.11. The number of hydrogen-bond donors (Lipinski definition) is 2. The minimum Gasteiger partial charge on any atom is -0.507 e. The number of fused-ring (bicyclic) bond motifs is 1. The third-order valence-electron chi connectivity index (χ3n) is 2.50. The first-order valence-electron chi connectivity index (χ1n) is 5.24. The van der Waals surface area contributed by atoms with E-state index in [-0.39, 0.29) is 21.3 Å². The van der Waals surface area contributed by atoms with Crippen molar-refractivity contribution >= 4 is 22.0 Å². The Bertz CT molecular complexity index is 794. The highest BCUT2D eigenvalue weighted by molar-refractivity contribution is 7.19. The van der Waals surface area contributed by atoms with Gasteiger partial charge in [0.15, 0.2) is 5.01 Å². The monoisotopic (exact) mass is 301 g/mol. The second-order valence-electron chi connectivity index (χ2n) is 3.90. The van der Waals surface area contributed by atoms with Crippen LogP contribution in [0.2, 0.25) is 0 Å². The predicted molar refractivity (Wildman–Crippen MR) is 65.2 cm³/mol. The molecule has 2 aromatic heterocycles. The van der Waals surface area contributed by atoms with Crippen molar-refractivity contribution in [2.45, 2.75) is 6.18 Å². The van der Waals surface area contributed by atoms with Crippen molar-refractivity contribution in [3.63, 3.8) is 0 Å². The van der Waals surface area contributed by atoms with E-state index in [0.717, 1.165) is 11.3 Å². The van der Waals surface area contributed by atoms with Gasteiger partial charge in [-0.3, -0.25) is 0 Å². The number of nitrogen functional groups attached to an aromatic ring is 1. The lowest BCUT2D eigenvalue weighted by molar-refractivity contribution is -0.146. The van der Waals surface area contributed by atoms with E-state index in [0.29, 0.717) is 10.2 Å². The number of aromatic hydroxyl groups is 1. The molecule has 0 fully saturated rings. The van der Waals surface area contributed by atoms with Crippen LogP contribution in [0.1, 0.15) is 5.82 Å². The van der Waals surface area contributed by atoms with Gasteiger partial charge in [-0.05, 0) is 18.2 Å². The molecule has 3 aromatic rings. The Morgan fingerprint density at radius 1 is 1.25 bits per heavy atom. The zero-order valence-corrected chi connectivity index (χ0v) is 10.4. The molecule has 20 heavy (non-hydrogen) atoms. The molecule has 0 spiro atoms. The molecule has 0 aliphatic carbocycles. The molecule has 0 saturated carbocycles.